The van der Waals surface area contributed by atoms with E-state index in [1.807, 2.05) is 0 Å². The molecule has 8 heteroatoms. The molecule has 0 aromatic heterocycles. The van der Waals surface area contributed by atoms with Gasteiger partial charge in [-0.05, 0) is 24.6 Å². The molecule has 1 aliphatic heterocycles. The summed E-state index contributed by atoms with van der Waals surface area (Å²) in [5.41, 5.74) is -0.461. The molecule has 1 atom stereocenters. The second kappa shape index (κ2) is 7.80. The topological polar surface area (TPSA) is 50.4 Å². The Kier molecular flexibility index (Phi) is 6.65. The van der Waals surface area contributed by atoms with E-state index in [0.29, 0.717) is 19.8 Å². The van der Waals surface area contributed by atoms with E-state index in [1.54, 1.807) is 0 Å². The van der Waals surface area contributed by atoms with Gasteiger partial charge in [0.15, 0.2) is 0 Å². The van der Waals surface area contributed by atoms with Gasteiger partial charge in [-0.25, -0.2) is 0 Å². The summed E-state index contributed by atoms with van der Waals surface area (Å²) < 4.78 is 43.6. The molecule has 1 aromatic carbocycles. The Morgan fingerprint density at radius 1 is 1.45 bits per heavy atom. The number of benzene rings is 1. The van der Waals surface area contributed by atoms with Crippen LogP contribution in [0.2, 0.25) is 0 Å². The lowest BCUT2D eigenvalue weighted by molar-refractivity contribution is -0.138. The molecule has 1 unspecified atom stereocenters. The normalized spacial score (nSPS) is 18.5. The average Bonchev–Trinajstić information content (AvgIpc) is 2.41. The summed E-state index contributed by atoms with van der Waals surface area (Å²) in [4.78, 5) is 11.8. The number of nitrogens with one attached hydrogen (secondary N) is 2. The molecule has 2 rings (SSSR count). The lowest BCUT2D eigenvalue weighted by Crippen LogP contribution is -2.43. The zero-order chi connectivity index (χ0) is 15.5. The largest absolute Gasteiger partial charge is 0.416 e. The van der Waals surface area contributed by atoms with Gasteiger partial charge in [0.2, 0.25) is 5.91 Å². The lowest BCUT2D eigenvalue weighted by Gasteiger charge is -2.23. The molecule has 0 spiro atoms. The van der Waals surface area contributed by atoms with Gasteiger partial charge in [-0.1, -0.05) is 6.07 Å². The fraction of sp³-hybridized carbons (Fsp3) is 0.500. The Morgan fingerprint density at radius 3 is 2.77 bits per heavy atom. The third-order valence-corrected chi connectivity index (χ3v) is 3.26. The molecule has 1 amide bonds. The van der Waals surface area contributed by atoms with Gasteiger partial charge in [-0.15, -0.1) is 12.4 Å². The summed E-state index contributed by atoms with van der Waals surface area (Å²) in [7, 11) is 0. The first kappa shape index (κ1) is 18.7. The molecular weight excluding hydrogens is 321 g/mol. The van der Waals surface area contributed by atoms with Crippen LogP contribution in [0.5, 0.6) is 0 Å². The van der Waals surface area contributed by atoms with Crippen molar-refractivity contribution in [3.8, 4) is 0 Å². The van der Waals surface area contributed by atoms with Crippen LogP contribution in [-0.4, -0.2) is 31.7 Å². The fourth-order valence-corrected chi connectivity index (χ4v) is 2.19. The van der Waals surface area contributed by atoms with Gasteiger partial charge < -0.3 is 15.4 Å². The summed E-state index contributed by atoms with van der Waals surface area (Å²) in [6, 6.07) is 3.66. The number of carbonyl (C=O) groups is 1. The van der Waals surface area contributed by atoms with E-state index >= 15 is 0 Å². The van der Waals surface area contributed by atoms with Crippen molar-refractivity contribution >= 4 is 24.0 Å². The number of morpholine rings is 1. The van der Waals surface area contributed by atoms with Crippen LogP contribution in [-0.2, 0) is 15.7 Å². The Balaban J connectivity index is 0.00000242. The highest BCUT2D eigenvalue weighted by Crippen LogP contribution is 2.33. The number of ether oxygens (including phenoxy) is 1. The molecule has 22 heavy (non-hydrogen) atoms. The van der Waals surface area contributed by atoms with Gasteiger partial charge in [-0.2, -0.15) is 13.2 Å². The number of aryl methyl sites for hydroxylation is 1. The molecule has 124 valence electrons. The molecule has 0 radical (unpaired) electrons. The average molecular weight is 339 g/mol. The monoisotopic (exact) mass is 338 g/mol. The molecule has 4 nitrogen and oxygen atoms in total. The van der Waals surface area contributed by atoms with Crippen LogP contribution < -0.4 is 10.6 Å². The lowest BCUT2D eigenvalue weighted by atomic mass is 10.1. The van der Waals surface area contributed by atoms with Crippen molar-refractivity contribution in [3.63, 3.8) is 0 Å². The standard InChI is InChI=1S/C14H17F3N2O2.ClH/c1-9-2-3-10(6-12(9)14(15,16)17)19-13(20)7-11-8-21-5-4-18-11;/h2-3,6,11,18H,4-5,7-8H2,1H3,(H,19,20);1H. The van der Waals surface area contributed by atoms with E-state index in [1.165, 1.54) is 19.1 Å². The summed E-state index contributed by atoms with van der Waals surface area (Å²) in [6.45, 7) is 3.08. The van der Waals surface area contributed by atoms with Crippen molar-refractivity contribution in [3.05, 3.63) is 29.3 Å². The molecular formula is C14H18ClF3N2O2. The first-order valence-corrected chi connectivity index (χ1v) is 6.65. The predicted octanol–water partition coefficient (Wildman–Crippen LogP) is 2.75. The molecule has 1 aromatic rings. The van der Waals surface area contributed by atoms with E-state index in [0.717, 1.165) is 6.07 Å². The molecule has 1 fully saturated rings. The maximum absolute atomic E-state index is 12.8. The van der Waals surface area contributed by atoms with Crippen molar-refractivity contribution in [1.82, 2.24) is 5.32 Å². The zero-order valence-corrected chi connectivity index (χ0v) is 12.8. The maximum Gasteiger partial charge on any atom is 0.416 e. The number of halogens is 4. The molecule has 2 N–H and O–H groups in total. The molecule has 1 aliphatic rings. The van der Waals surface area contributed by atoms with Gasteiger partial charge >= 0.3 is 6.18 Å². The Labute approximate surface area is 132 Å². The zero-order valence-electron chi connectivity index (χ0n) is 12.0. The number of amides is 1. The minimum absolute atomic E-state index is 0. The molecule has 0 saturated carbocycles. The smallest absolute Gasteiger partial charge is 0.378 e. The number of rotatable bonds is 3. The predicted molar refractivity (Wildman–Crippen MR) is 79.3 cm³/mol. The number of carbonyl (C=O) groups excluding carboxylic acids is 1. The minimum atomic E-state index is -4.43. The van der Waals surface area contributed by atoms with Crippen molar-refractivity contribution < 1.29 is 22.7 Å². The highest BCUT2D eigenvalue weighted by Gasteiger charge is 2.32. The quantitative estimate of drug-likeness (QED) is 0.891. The highest BCUT2D eigenvalue weighted by molar-refractivity contribution is 5.91. The summed E-state index contributed by atoms with van der Waals surface area (Å²) in [5, 5.41) is 5.61. The second-order valence-electron chi connectivity index (χ2n) is 5.01. The van der Waals surface area contributed by atoms with Crippen LogP contribution in [0.25, 0.3) is 0 Å². The Morgan fingerprint density at radius 2 is 2.18 bits per heavy atom. The number of hydrogen-bond acceptors (Lipinski definition) is 3. The van der Waals surface area contributed by atoms with Crippen LogP contribution in [0, 0.1) is 6.92 Å². The number of anilines is 1. The molecule has 1 heterocycles. The van der Waals surface area contributed by atoms with Gasteiger partial charge in [0.25, 0.3) is 0 Å². The van der Waals surface area contributed by atoms with Crippen molar-refractivity contribution in [2.75, 3.05) is 25.1 Å². The second-order valence-corrected chi connectivity index (χ2v) is 5.01. The number of hydrogen-bond donors (Lipinski definition) is 2. The van der Waals surface area contributed by atoms with Crippen LogP contribution in [0.4, 0.5) is 18.9 Å². The van der Waals surface area contributed by atoms with E-state index in [9.17, 15) is 18.0 Å². The van der Waals surface area contributed by atoms with Gasteiger partial charge in [0, 0.05) is 24.7 Å². The summed E-state index contributed by atoms with van der Waals surface area (Å²) in [5.74, 6) is -0.338. The molecule has 1 saturated heterocycles. The van der Waals surface area contributed by atoms with E-state index in [2.05, 4.69) is 10.6 Å². The van der Waals surface area contributed by atoms with Gasteiger partial charge in [0.1, 0.15) is 0 Å². The first-order chi connectivity index (χ1) is 9.86. The third kappa shape index (κ3) is 5.15. The van der Waals surface area contributed by atoms with E-state index in [-0.39, 0.29) is 42.0 Å². The molecule has 0 bridgehead atoms. The van der Waals surface area contributed by atoms with Crippen LogP contribution in [0.1, 0.15) is 17.5 Å². The van der Waals surface area contributed by atoms with E-state index in [4.69, 9.17) is 4.74 Å². The maximum atomic E-state index is 12.8. The van der Waals surface area contributed by atoms with Gasteiger partial charge in [0.05, 0.1) is 18.8 Å². The van der Waals surface area contributed by atoms with Crippen LogP contribution in [0.3, 0.4) is 0 Å². The number of alkyl halides is 3. The van der Waals surface area contributed by atoms with E-state index < -0.39 is 11.7 Å². The van der Waals surface area contributed by atoms with Crippen molar-refractivity contribution in [2.24, 2.45) is 0 Å². The molecule has 0 aliphatic carbocycles. The van der Waals surface area contributed by atoms with Crippen molar-refractivity contribution in [2.45, 2.75) is 25.6 Å². The first-order valence-electron chi connectivity index (χ1n) is 6.65. The van der Waals surface area contributed by atoms with Crippen molar-refractivity contribution in [1.29, 1.82) is 0 Å². The Hall–Kier alpha value is -1.31. The van der Waals surface area contributed by atoms with Crippen LogP contribution in [0.15, 0.2) is 18.2 Å². The highest BCUT2D eigenvalue weighted by atomic mass is 35.5. The summed E-state index contributed by atoms with van der Waals surface area (Å²) in [6.07, 6.45) is -4.27. The summed E-state index contributed by atoms with van der Waals surface area (Å²) >= 11 is 0. The third-order valence-electron chi connectivity index (χ3n) is 3.26. The van der Waals surface area contributed by atoms with Gasteiger partial charge in [-0.3, -0.25) is 4.79 Å². The fourth-order valence-electron chi connectivity index (χ4n) is 2.19. The van der Waals surface area contributed by atoms with Crippen LogP contribution >= 0.6 is 12.4 Å². The minimum Gasteiger partial charge on any atom is -0.378 e. The Bertz CT molecular complexity index is 517. The SMILES string of the molecule is Cc1ccc(NC(=O)CC2COCCN2)cc1C(F)(F)F.Cl.